The quantitative estimate of drug-likeness (QED) is 0.598. The fraction of sp³-hybridized carbons (Fsp3) is 0.462. The third-order valence-electron chi connectivity index (χ3n) is 6.08. The van der Waals surface area contributed by atoms with Crippen LogP contribution >= 0.6 is 0 Å². The van der Waals surface area contributed by atoms with Crippen molar-refractivity contribution in [3.8, 4) is 5.75 Å². The molecule has 1 atom stereocenters. The topological polar surface area (TPSA) is 82.1 Å². The minimum Gasteiger partial charge on any atom is -0.489 e. The van der Waals surface area contributed by atoms with E-state index >= 15 is 0 Å². The summed E-state index contributed by atoms with van der Waals surface area (Å²) in [6, 6.07) is 15.3. The molecule has 178 valence electrons. The molecule has 0 bridgehead atoms. The lowest BCUT2D eigenvalue weighted by Crippen LogP contribution is -2.48. The smallest absolute Gasteiger partial charge is 0.408 e. The van der Waals surface area contributed by atoms with Gasteiger partial charge in [0, 0.05) is 31.7 Å². The summed E-state index contributed by atoms with van der Waals surface area (Å²) >= 11 is 0. The fourth-order valence-corrected chi connectivity index (χ4v) is 4.44. The summed E-state index contributed by atoms with van der Waals surface area (Å²) < 4.78 is 5.93. The Hall–Kier alpha value is -3.06. The number of hydrogen-bond donors (Lipinski definition) is 2. The zero-order chi connectivity index (χ0) is 24.0. The average molecular weight is 454 g/mol. The van der Waals surface area contributed by atoms with Gasteiger partial charge in [0.2, 0.25) is 5.91 Å². The highest BCUT2D eigenvalue weighted by atomic mass is 16.5. The van der Waals surface area contributed by atoms with Gasteiger partial charge in [-0.3, -0.25) is 14.6 Å². The summed E-state index contributed by atoms with van der Waals surface area (Å²) in [5, 5.41) is 12.7. The number of hydrogen-bond acceptors (Lipinski definition) is 4. The molecule has 3 rings (SSSR count). The third-order valence-corrected chi connectivity index (χ3v) is 6.08. The molecule has 7 nitrogen and oxygen atoms in total. The van der Waals surface area contributed by atoms with Gasteiger partial charge in [0.25, 0.3) is 0 Å². The molecule has 0 radical (unpaired) electrons. The van der Waals surface area contributed by atoms with Crippen molar-refractivity contribution >= 4 is 12.0 Å². The van der Waals surface area contributed by atoms with Gasteiger partial charge in [-0.15, -0.1) is 0 Å². The van der Waals surface area contributed by atoms with Gasteiger partial charge in [-0.2, -0.15) is 0 Å². The Morgan fingerprint density at radius 3 is 2.45 bits per heavy atom. The van der Waals surface area contributed by atoms with E-state index in [1.54, 1.807) is 0 Å². The maximum absolute atomic E-state index is 13.1. The first kappa shape index (κ1) is 24.6. The van der Waals surface area contributed by atoms with Crippen LogP contribution in [0.3, 0.4) is 0 Å². The van der Waals surface area contributed by atoms with Gasteiger partial charge in [0.1, 0.15) is 18.4 Å². The van der Waals surface area contributed by atoms with Gasteiger partial charge in [-0.05, 0) is 62.9 Å². The first-order chi connectivity index (χ1) is 15.8. The summed E-state index contributed by atoms with van der Waals surface area (Å²) in [5.41, 5.74) is 2.74. The predicted molar refractivity (Wildman–Crippen MR) is 128 cm³/mol. The number of nitrogens with one attached hydrogen (secondary N) is 1. The zero-order valence-corrected chi connectivity index (χ0v) is 20.0. The zero-order valence-electron chi connectivity index (χ0n) is 20.0. The molecule has 7 heteroatoms. The van der Waals surface area contributed by atoms with Crippen LogP contribution in [0.5, 0.6) is 5.75 Å². The highest BCUT2D eigenvalue weighted by Crippen LogP contribution is 2.32. The van der Waals surface area contributed by atoms with Crippen LogP contribution in [0, 0.1) is 0 Å². The number of carbonyl (C=O) groups excluding carboxylic acids is 1. The summed E-state index contributed by atoms with van der Waals surface area (Å²) in [7, 11) is 0. The molecule has 2 amide bonds. The number of ether oxygens (including phenoxy) is 1. The minimum absolute atomic E-state index is 0.271. The predicted octanol–water partition coefficient (Wildman–Crippen LogP) is 4.08. The van der Waals surface area contributed by atoms with Crippen molar-refractivity contribution in [2.24, 2.45) is 0 Å². The second kappa shape index (κ2) is 11.2. The summed E-state index contributed by atoms with van der Waals surface area (Å²) in [6.07, 6.45) is -0.543. The Labute approximate surface area is 196 Å². The van der Waals surface area contributed by atoms with E-state index in [2.05, 4.69) is 37.9 Å². The highest BCUT2D eigenvalue weighted by molar-refractivity contribution is 5.87. The molecule has 0 saturated heterocycles. The van der Waals surface area contributed by atoms with Gasteiger partial charge >= 0.3 is 6.09 Å². The van der Waals surface area contributed by atoms with Gasteiger partial charge < -0.3 is 15.2 Å². The maximum Gasteiger partial charge on any atom is 0.408 e. The van der Waals surface area contributed by atoms with E-state index in [1.807, 2.05) is 48.5 Å². The first-order valence-electron chi connectivity index (χ1n) is 11.6. The average Bonchev–Trinajstić information content (AvgIpc) is 2.79. The van der Waals surface area contributed by atoms with Crippen molar-refractivity contribution in [2.45, 2.75) is 58.8 Å². The Kier molecular flexibility index (Phi) is 8.33. The molecule has 1 aliphatic heterocycles. The number of rotatable bonds is 9. The van der Waals surface area contributed by atoms with Crippen LogP contribution in [0.15, 0.2) is 48.5 Å². The highest BCUT2D eigenvalue weighted by Gasteiger charge is 2.36. The van der Waals surface area contributed by atoms with Crippen LogP contribution in [0.25, 0.3) is 0 Å². The number of carboxylic acid groups (broad SMARTS) is 1. The Balaban J connectivity index is 1.72. The molecule has 2 aromatic rings. The summed E-state index contributed by atoms with van der Waals surface area (Å²) in [4.78, 5) is 28.5. The van der Waals surface area contributed by atoms with E-state index in [-0.39, 0.29) is 12.5 Å². The van der Waals surface area contributed by atoms with Gasteiger partial charge in [0.15, 0.2) is 0 Å². The summed E-state index contributed by atoms with van der Waals surface area (Å²) in [5.74, 6) is 0.425. The Morgan fingerprint density at radius 1 is 1.12 bits per heavy atom. The van der Waals surface area contributed by atoms with Crippen LogP contribution in [-0.2, 0) is 17.8 Å². The van der Waals surface area contributed by atoms with Gasteiger partial charge in [-0.25, -0.2) is 4.79 Å². The van der Waals surface area contributed by atoms with Crippen LogP contribution in [0.2, 0.25) is 0 Å². The molecule has 1 unspecified atom stereocenters. The van der Waals surface area contributed by atoms with Crippen molar-refractivity contribution in [3.05, 3.63) is 65.2 Å². The van der Waals surface area contributed by atoms with Crippen LogP contribution in [0.4, 0.5) is 4.79 Å². The minimum atomic E-state index is -1.09. The largest absolute Gasteiger partial charge is 0.489 e. The lowest BCUT2D eigenvalue weighted by Gasteiger charge is -2.35. The van der Waals surface area contributed by atoms with Crippen molar-refractivity contribution in [1.82, 2.24) is 15.1 Å². The first-order valence-corrected chi connectivity index (χ1v) is 11.6. The van der Waals surface area contributed by atoms with E-state index in [4.69, 9.17) is 4.74 Å². The van der Waals surface area contributed by atoms with E-state index in [1.165, 1.54) is 4.90 Å². The number of benzene rings is 2. The molecule has 0 spiro atoms. The normalized spacial score (nSPS) is 15.6. The number of nitrogens with zero attached hydrogens (tertiary/aromatic N) is 2. The lowest BCUT2D eigenvalue weighted by atomic mass is 9.92. The van der Waals surface area contributed by atoms with Crippen molar-refractivity contribution < 1.29 is 19.4 Å². The molecule has 0 saturated carbocycles. The second-order valence-electron chi connectivity index (χ2n) is 8.98. The van der Waals surface area contributed by atoms with Crippen LogP contribution in [-0.4, -0.2) is 58.6 Å². The molecule has 0 fully saturated rings. The lowest BCUT2D eigenvalue weighted by molar-refractivity contribution is -0.126. The molecule has 33 heavy (non-hydrogen) atoms. The number of amides is 2. The maximum atomic E-state index is 13.1. The SMILES string of the molecule is CC(C)N(CCNC(=O)C1c2ccc(OCc3ccccc3)cc2CCN1C(=O)O)C(C)C. The third kappa shape index (κ3) is 6.26. The van der Waals surface area contributed by atoms with Gasteiger partial charge in [-0.1, -0.05) is 36.4 Å². The van der Waals surface area contributed by atoms with Crippen LogP contribution in [0.1, 0.15) is 50.4 Å². The number of carbonyl (C=O) groups is 2. The molecular weight excluding hydrogens is 418 g/mol. The van der Waals surface area contributed by atoms with Crippen molar-refractivity contribution in [1.29, 1.82) is 0 Å². The number of fused-ring (bicyclic) bond motifs is 1. The molecular formula is C26H35N3O4. The molecule has 1 heterocycles. The molecule has 2 N–H and O–H groups in total. The monoisotopic (exact) mass is 453 g/mol. The van der Waals surface area contributed by atoms with Crippen LogP contribution < -0.4 is 10.1 Å². The Bertz CT molecular complexity index is 938. The molecule has 0 aromatic heterocycles. The van der Waals surface area contributed by atoms with Gasteiger partial charge in [0.05, 0.1) is 0 Å². The van der Waals surface area contributed by atoms with E-state index < -0.39 is 12.1 Å². The van der Waals surface area contributed by atoms with E-state index in [0.717, 1.165) is 16.7 Å². The van der Waals surface area contributed by atoms with E-state index in [9.17, 15) is 14.7 Å². The standard InChI is InChI=1S/C26H35N3O4/c1-18(2)28(19(3)4)15-13-27-25(30)24-23-11-10-22(33-17-20-8-6-5-7-9-20)16-21(23)12-14-29(24)26(31)32/h5-11,16,18-19,24H,12-15,17H2,1-4H3,(H,27,30)(H,31,32). The Morgan fingerprint density at radius 2 is 1.82 bits per heavy atom. The summed E-state index contributed by atoms with van der Waals surface area (Å²) in [6.45, 7) is 10.4. The second-order valence-corrected chi connectivity index (χ2v) is 8.98. The molecule has 0 aliphatic carbocycles. The fourth-order valence-electron chi connectivity index (χ4n) is 4.44. The van der Waals surface area contributed by atoms with Crippen molar-refractivity contribution in [2.75, 3.05) is 19.6 Å². The molecule has 2 aromatic carbocycles. The van der Waals surface area contributed by atoms with E-state index in [0.29, 0.717) is 44.0 Å². The molecule has 1 aliphatic rings. The van der Waals surface area contributed by atoms with Crippen molar-refractivity contribution in [3.63, 3.8) is 0 Å².